The van der Waals surface area contributed by atoms with Crippen LogP contribution in [0.3, 0.4) is 0 Å². The fourth-order valence-electron chi connectivity index (χ4n) is 2.43. The van der Waals surface area contributed by atoms with Crippen molar-refractivity contribution >= 4 is 6.03 Å². The number of rotatable bonds is 6. The first-order valence-corrected chi connectivity index (χ1v) is 7.08. The normalized spacial score (nSPS) is 20.6. The van der Waals surface area contributed by atoms with Crippen molar-refractivity contribution in [3.05, 3.63) is 35.6 Å². The van der Waals surface area contributed by atoms with Gasteiger partial charge in [-0.2, -0.15) is 0 Å². The lowest BCUT2D eigenvalue weighted by molar-refractivity contribution is 0.176. The predicted molar refractivity (Wildman–Crippen MR) is 75.0 cm³/mol. The van der Waals surface area contributed by atoms with Crippen LogP contribution in [-0.4, -0.2) is 41.8 Å². The summed E-state index contributed by atoms with van der Waals surface area (Å²) in [6, 6.07) is 6.51. The van der Waals surface area contributed by atoms with Gasteiger partial charge in [0, 0.05) is 25.0 Å². The molecule has 5 heteroatoms. The van der Waals surface area contributed by atoms with Gasteiger partial charge in [-0.15, -0.1) is 0 Å². The first-order valence-electron chi connectivity index (χ1n) is 7.08. The third-order valence-electron chi connectivity index (χ3n) is 3.55. The molecule has 2 amide bonds. The van der Waals surface area contributed by atoms with Crippen LogP contribution >= 0.6 is 0 Å². The fraction of sp³-hybridized carbons (Fsp3) is 0.533. The average molecular weight is 280 g/mol. The number of carbonyl (C=O) groups excluding carboxylic acids is 1. The zero-order chi connectivity index (χ0) is 14.5. The summed E-state index contributed by atoms with van der Waals surface area (Å²) >= 11 is 0. The minimum Gasteiger partial charge on any atom is -0.395 e. The standard InChI is InChI=1S/C15H21FN2O2/c1-2-7-18(8-9-19)15(20)17-14-10-12(14)11-5-3-4-6-13(11)16/h3-6,12,14,19H,2,7-10H2,1H3,(H,17,20). The van der Waals surface area contributed by atoms with Crippen LogP contribution in [-0.2, 0) is 0 Å². The summed E-state index contributed by atoms with van der Waals surface area (Å²) in [5, 5.41) is 11.9. The van der Waals surface area contributed by atoms with Gasteiger partial charge in [0.2, 0.25) is 0 Å². The van der Waals surface area contributed by atoms with Crippen molar-refractivity contribution in [1.82, 2.24) is 10.2 Å². The molecule has 0 spiro atoms. The topological polar surface area (TPSA) is 52.6 Å². The second kappa shape index (κ2) is 6.70. The molecule has 0 aliphatic heterocycles. The van der Waals surface area contributed by atoms with Gasteiger partial charge in [-0.25, -0.2) is 9.18 Å². The number of nitrogens with one attached hydrogen (secondary N) is 1. The largest absolute Gasteiger partial charge is 0.395 e. The molecular weight excluding hydrogens is 259 g/mol. The van der Waals surface area contributed by atoms with Crippen LogP contribution in [0.2, 0.25) is 0 Å². The molecule has 1 aliphatic carbocycles. The Morgan fingerprint density at radius 3 is 2.85 bits per heavy atom. The highest BCUT2D eigenvalue weighted by Crippen LogP contribution is 2.41. The molecule has 0 radical (unpaired) electrons. The maximum absolute atomic E-state index is 13.6. The number of halogens is 1. The fourth-order valence-corrected chi connectivity index (χ4v) is 2.43. The predicted octanol–water partition coefficient (Wildman–Crippen LogP) is 2.10. The third kappa shape index (κ3) is 3.48. The lowest BCUT2D eigenvalue weighted by atomic mass is 10.1. The van der Waals surface area contributed by atoms with E-state index >= 15 is 0 Å². The number of urea groups is 1. The average Bonchev–Trinajstić information content (AvgIpc) is 3.18. The van der Waals surface area contributed by atoms with Gasteiger partial charge in [0.05, 0.1) is 6.61 Å². The number of hydrogen-bond acceptors (Lipinski definition) is 2. The zero-order valence-electron chi connectivity index (χ0n) is 11.7. The molecule has 1 aromatic carbocycles. The summed E-state index contributed by atoms with van der Waals surface area (Å²) in [4.78, 5) is 13.6. The minimum atomic E-state index is -0.213. The molecule has 1 aliphatic rings. The molecule has 2 unspecified atom stereocenters. The maximum atomic E-state index is 13.6. The Balaban J connectivity index is 1.89. The number of hydrogen-bond donors (Lipinski definition) is 2. The molecule has 0 bridgehead atoms. The molecule has 1 fully saturated rings. The van der Waals surface area contributed by atoms with Crippen molar-refractivity contribution in [1.29, 1.82) is 0 Å². The minimum absolute atomic E-state index is 0.00236. The molecule has 20 heavy (non-hydrogen) atoms. The van der Waals surface area contributed by atoms with E-state index in [4.69, 9.17) is 5.11 Å². The van der Waals surface area contributed by atoms with E-state index in [1.54, 1.807) is 17.0 Å². The van der Waals surface area contributed by atoms with Gasteiger partial charge in [-0.1, -0.05) is 25.1 Å². The van der Waals surface area contributed by atoms with Crippen LogP contribution in [0.4, 0.5) is 9.18 Å². The van der Waals surface area contributed by atoms with Gasteiger partial charge < -0.3 is 15.3 Å². The lowest BCUT2D eigenvalue weighted by Gasteiger charge is -2.21. The second-order valence-electron chi connectivity index (χ2n) is 5.13. The van der Waals surface area contributed by atoms with E-state index in [0.29, 0.717) is 18.7 Å². The molecule has 1 aromatic rings. The van der Waals surface area contributed by atoms with Gasteiger partial charge in [0.15, 0.2) is 0 Å². The van der Waals surface area contributed by atoms with E-state index in [9.17, 15) is 9.18 Å². The monoisotopic (exact) mass is 280 g/mol. The van der Waals surface area contributed by atoms with Gasteiger partial charge >= 0.3 is 6.03 Å². The third-order valence-corrected chi connectivity index (χ3v) is 3.55. The molecule has 4 nitrogen and oxygen atoms in total. The number of aliphatic hydroxyl groups excluding tert-OH is 1. The number of benzene rings is 1. The molecule has 2 rings (SSSR count). The van der Waals surface area contributed by atoms with Crippen LogP contribution in [0, 0.1) is 5.82 Å². The highest BCUT2D eigenvalue weighted by atomic mass is 19.1. The molecular formula is C15H21FN2O2. The summed E-state index contributed by atoms with van der Waals surface area (Å²) < 4.78 is 13.6. The highest BCUT2D eigenvalue weighted by molar-refractivity contribution is 5.75. The Kier molecular flexibility index (Phi) is 4.95. The Morgan fingerprint density at radius 1 is 1.45 bits per heavy atom. The van der Waals surface area contributed by atoms with Gasteiger partial charge in [0.25, 0.3) is 0 Å². The molecule has 0 heterocycles. The summed E-state index contributed by atoms with van der Waals surface area (Å²) in [6.45, 7) is 2.88. The molecule has 110 valence electrons. The van der Waals surface area contributed by atoms with Crippen LogP contribution in [0.25, 0.3) is 0 Å². The zero-order valence-corrected chi connectivity index (χ0v) is 11.7. The Hall–Kier alpha value is -1.62. The van der Waals surface area contributed by atoms with Gasteiger partial charge in [-0.3, -0.25) is 0 Å². The van der Waals surface area contributed by atoms with E-state index in [1.807, 2.05) is 13.0 Å². The van der Waals surface area contributed by atoms with E-state index < -0.39 is 0 Å². The van der Waals surface area contributed by atoms with E-state index in [0.717, 1.165) is 12.8 Å². The first kappa shape index (κ1) is 14.8. The number of carbonyl (C=O) groups is 1. The first-order chi connectivity index (χ1) is 9.67. The van der Waals surface area contributed by atoms with E-state index in [2.05, 4.69) is 5.32 Å². The van der Waals surface area contributed by atoms with Crippen molar-refractivity contribution in [2.75, 3.05) is 19.7 Å². The van der Waals surface area contributed by atoms with Gasteiger partial charge in [-0.05, 0) is 24.5 Å². The molecule has 2 N–H and O–H groups in total. The van der Waals surface area contributed by atoms with Crippen LogP contribution in [0.5, 0.6) is 0 Å². The quantitative estimate of drug-likeness (QED) is 0.838. The molecule has 1 saturated carbocycles. The molecule has 0 aromatic heterocycles. The maximum Gasteiger partial charge on any atom is 0.317 e. The van der Waals surface area contributed by atoms with Crippen LogP contribution < -0.4 is 5.32 Å². The van der Waals surface area contributed by atoms with Crippen molar-refractivity contribution in [2.24, 2.45) is 0 Å². The number of amides is 2. The summed E-state index contributed by atoms with van der Waals surface area (Å²) in [7, 11) is 0. The van der Waals surface area contributed by atoms with Crippen LogP contribution in [0.15, 0.2) is 24.3 Å². The summed E-state index contributed by atoms with van der Waals surface area (Å²) in [5.74, 6) is -0.146. The van der Waals surface area contributed by atoms with Crippen molar-refractivity contribution < 1.29 is 14.3 Å². The van der Waals surface area contributed by atoms with Crippen molar-refractivity contribution in [3.63, 3.8) is 0 Å². The molecule has 0 saturated heterocycles. The number of aliphatic hydroxyl groups is 1. The second-order valence-corrected chi connectivity index (χ2v) is 5.13. The molecule has 2 atom stereocenters. The summed E-state index contributed by atoms with van der Waals surface area (Å²) in [5.41, 5.74) is 0.669. The van der Waals surface area contributed by atoms with Crippen molar-refractivity contribution in [2.45, 2.75) is 31.7 Å². The smallest absolute Gasteiger partial charge is 0.317 e. The van der Waals surface area contributed by atoms with Crippen LogP contribution in [0.1, 0.15) is 31.2 Å². The number of nitrogens with zero attached hydrogens (tertiary/aromatic N) is 1. The Labute approximate surface area is 118 Å². The van der Waals surface area contributed by atoms with E-state index in [1.165, 1.54) is 6.07 Å². The highest BCUT2D eigenvalue weighted by Gasteiger charge is 2.41. The Morgan fingerprint density at radius 2 is 2.20 bits per heavy atom. The van der Waals surface area contributed by atoms with Gasteiger partial charge in [0.1, 0.15) is 5.82 Å². The van der Waals surface area contributed by atoms with Crippen molar-refractivity contribution in [3.8, 4) is 0 Å². The SMILES string of the molecule is CCCN(CCO)C(=O)NC1CC1c1ccccc1F. The van der Waals surface area contributed by atoms with E-state index in [-0.39, 0.29) is 30.4 Å². The summed E-state index contributed by atoms with van der Waals surface area (Å²) in [6.07, 6.45) is 1.61. The lowest BCUT2D eigenvalue weighted by Crippen LogP contribution is -2.43. The Bertz CT molecular complexity index is 461.